The second-order valence-electron chi connectivity index (χ2n) is 10.4. The number of amides is 1. The SMILES string of the molecule is COC[C@@H]1CCCN1C(=O)C1=CN(C)[C@H]2c3c(n(C)c4ccccc34)C(=O)C[C@@H]1C2CN(C)C. The first kappa shape index (κ1) is 23.1. The molecule has 0 saturated carbocycles. The van der Waals surface area contributed by atoms with Crippen LogP contribution in [0.25, 0.3) is 10.9 Å². The number of Topliss-reactive ketones (excluding diaryl/α,β-unsaturated/α-hetero) is 1. The van der Waals surface area contributed by atoms with E-state index in [1.807, 2.05) is 30.3 Å². The number of hydrogen-bond acceptors (Lipinski definition) is 5. The van der Waals surface area contributed by atoms with Gasteiger partial charge in [-0.15, -0.1) is 0 Å². The fraction of sp³-hybridized carbons (Fsp3) is 0.556. The van der Waals surface area contributed by atoms with Crippen LogP contribution in [0.15, 0.2) is 36.0 Å². The van der Waals surface area contributed by atoms with Crippen molar-refractivity contribution in [2.75, 3.05) is 47.9 Å². The third kappa shape index (κ3) is 3.57. The molecule has 7 heteroatoms. The van der Waals surface area contributed by atoms with Crippen LogP contribution in [0.1, 0.15) is 41.4 Å². The first-order valence-electron chi connectivity index (χ1n) is 12.3. The normalized spacial score (nSPS) is 26.8. The number of ketones is 1. The van der Waals surface area contributed by atoms with Gasteiger partial charge in [0.05, 0.1) is 24.4 Å². The summed E-state index contributed by atoms with van der Waals surface area (Å²) in [7, 11) is 9.90. The number of para-hydroxylation sites is 1. The number of benzene rings is 1. The van der Waals surface area contributed by atoms with Crippen LogP contribution in [0.4, 0.5) is 0 Å². The Bertz CT molecular complexity index is 1150. The van der Waals surface area contributed by atoms with Crippen LogP contribution in [0, 0.1) is 11.8 Å². The molecular weight excluding hydrogens is 428 g/mol. The molecule has 2 bridgehead atoms. The highest BCUT2D eigenvalue weighted by molar-refractivity contribution is 6.05. The highest BCUT2D eigenvalue weighted by Crippen LogP contribution is 2.49. The minimum atomic E-state index is -0.112. The molecule has 1 aromatic carbocycles. The molecule has 3 aliphatic rings. The van der Waals surface area contributed by atoms with E-state index in [9.17, 15) is 9.59 Å². The Balaban J connectivity index is 1.64. The molecule has 3 heterocycles. The standard InChI is InChI=1S/C27H36N4O3/c1-28(2)14-20-19-13-23(32)26-24(18-10-6-7-11-22(18)30(26)4)25(20)29(3)15-21(19)27(33)31-12-8-9-17(31)16-34-5/h6-7,10-11,15,17,19-20,25H,8-9,12-14,16H2,1-5H3/t17-,19+,20?,25+/m0/s1. The predicted octanol–water partition coefficient (Wildman–Crippen LogP) is 3.07. The van der Waals surface area contributed by atoms with Crippen molar-refractivity contribution < 1.29 is 14.3 Å². The fourth-order valence-electron chi connectivity index (χ4n) is 6.68. The van der Waals surface area contributed by atoms with Crippen molar-refractivity contribution in [2.24, 2.45) is 18.9 Å². The molecule has 4 atom stereocenters. The molecule has 1 aromatic heterocycles. The largest absolute Gasteiger partial charge is 0.383 e. The zero-order valence-corrected chi connectivity index (χ0v) is 21.0. The molecule has 7 nitrogen and oxygen atoms in total. The van der Waals surface area contributed by atoms with Gasteiger partial charge in [-0.25, -0.2) is 0 Å². The van der Waals surface area contributed by atoms with E-state index in [1.165, 1.54) is 0 Å². The van der Waals surface area contributed by atoms with Crippen LogP contribution < -0.4 is 0 Å². The van der Waals surface area contributed by atoms with Crippen molar-refractivity contribution in [1.29, 1.82) is 0 Å². The van der Waals surface area contributed by atoms with E-state index >= 15 is 0 Å². The first-order chi connectivity index (χ1) is 16.3. The molecule has 1 amide bonds. The minimum absolute atomic E-state index is 0.0323. The highest BCUT2D eigenvalue weighted by Gasteiger charge is 2.48. The Hall–Kier alpha value is -2.64. The molecule has 2 aromatic rings. The molecule has 2 aliphatic heterocycles. The lowest BCUT2D eigenvalue weighted by molar-refractivity contribution is -0.130. The van der Waals surface area contributed by atoms with Gasteiger partial charge in [0.15, 0.2) is 5.78 Å². The van der Waals surface area contributed by atoms with Gasteiger partial charge in [-0.3, -0.25) is 9.59 Å². The van der Waals surface area contributed by atoms with Crippen molar-refractivity contribution >= 4 is 22.6 Å². The number of methoxy groups -OCH3 is 1. The lowest BCUT2D eigenvalue weighted by Crippen LogP contribution is -2.47. The van der Waals surface area contributed by atoms with E-state index in [4.69, 9.17) is 4.74 Å². The molecule has 1 saturated heterocycles. The molecule has 34 heavy (non-hydrogen) atoms. The minimum Gasteiger partial charge on any atom is -0.383 e. The molecule has 0 radical (unpaired) electrons. The monoisotopic (exact) mass is 464 g/mol. The number of nitrogens with zero attached hydrogens (tertiary/aromatic N) is 4. The molecule has 5 rings (SSSR count). The summed E-state index contributed by atoms with van der Waals surface area (Å²) in [6.45, 7) is 2.11. The quantitative estimate of drug-likeness (QED) is 0.681. The van der Waals surface area contributed by atoms with Crippen molar-refractivity contribution in [1.82, 2.24) is 19.3 Å². The van der Waals surface area contributed by atoms with Crippen LogP contribution in [0.5, 0.6) is 0 Å². The number of hydrogen-bond donors (Lipinski definition) is 0. The van der Waals surface area contributed by atoms with Crippen molar-refractivity contribution in [2.45, 2.75) is 31.3 Å². The van der Waals surface area contributed by atoms with Gasteiger partial charge in [-0.05, 0) is 33.0 Å². The third-order valence-corrected chi connectivity index (χ3v) is 8.03. The van der Waals surface area contributed by atoms with Gasteiger partial charge in [0, 0.05) is 80.8 Å². The lowest BCUT2D eigenvalue weighted by atomic mass is 9.75. The van der Waals surface area contributed by atoms with Crippen LogP contribution in [0.2, 0.25) is 0 Å². The molecule has 1 aliphatic carbocycles. The van der Waals surface area contributed by atoms with Gasteiger partial charge in [-0.2, -0.15) is 0 Å². The van der Waals surface area contributed by atoms with E-state index in [-0.39, 0.29) is 35.6 Å². The molecular formula is C27H36N4O3. The summed E-state index contributed by atoms with van der Waals surface area (Å²) in [5, 5.41) is 1.14. The highest BCUT2D eigenvalue weighted by atomic mass is 16.5. The number of rotatable bonds is 5. The van der Waals surface area contributed by atoms with Gasteiger partial charge in [0.2, 0.25) is 0 Å². The number of likely N-dealkylation sites (tertiary alicyclic amines) is 1. The van der Waals surface area contributed by atoms with E-state index < -0.39 is 0 Å². The Morgan fingerprint density at radius 1 is 1.21 bits per heavy atom. The maximum Gasteiger partial charge on any atom is 0.251 e. The summed E-state index contributed by atoms with van der Waals surface area (Å²) in [5.41, 5.74) is 3.77. The average molecular weight is 465 g/mol. The van der Waals surface area contributed by atoms with E-state index in [1.54, 1.807) is 7.11 Å². The van der Waals surface area contributed by atoms with Crippen molar-refractivity contribution in [3.8, 4) is 0 Å². The Labute approximate surface area is 201 Å². The third-order valence-electron chi connectivity index (χ3n) is 8.03. The van der Waals surface area contributed by atoms with Crippen molar-refractivity contribution in [3.63, 3.8) is 0 Å². The molecule has 1 unspecified atom stereocenters. The zero-order chi connectivity index (χ0) is 24.1. The van der Waals surface area contributed by atoms with Gasteiger partial charge >= 0.3 is 0 Å². The average Bonchev–Trinajstić information content (AvgIpc) is 3.35. The maximum absolute atomic E-state index is 13.9. The van der Waals surface area contributed by atoms with Gasteiger partial charge in [0.1, 0.15) is 0 Å². The maximum atomic E-state index is 13.9. The number of fused-ring (bicyclic) bond motifs is 6. The Morgan fingerprint density at radius 3 is 2.71 bits per heavy atom. The number of carbonyl (C=O) groups excluding carboxylic acids is 2. The van der Waals surface area contributed by atoms with Crippen LogP contribution in [-0.2, 0) is 16.6 Å². The second-order valence-corrected chi connectivity index (χ2v) is 10.4. The van der Waals surface area contributed by atoms with Gasteiger partial charge < -0.3 is 24.0 Å². The van der Waals surface area contributed by atoms with E-state index in [2.05, 4.69) is 47.6 Å². The molecule has 0 spiro atoms. The summed E-state index contributed by atoms with van der Waals surface area (Å²) < 4.78 is 7.47. The number of aromatic nitrogens is 1. The topological polar surface area (TPSA) is 58.0 Å². The smallest absolute Gasteiger partial charge is 0.251 e. The van der Waals surface area contributed by atoms with E-state index in [0.717, 1.165) is 53.7 Å². The summed E-state index contributed by atoms with van der Waals surface area (Å²) >= 11 is 0. The number of ether oxygens (including phenoxy) is 1. The van der Waals surface area contributed by atoms with Crippen LogP contribution in [0.3, 0.4) is 0 Å². The lowest BCUT2D eigenvalue weighted by Gasteiger charge is -2.44. The summed E-state index contributed by atoms with van der Waals surface area (Å²) in [5.74, 6) is 0.220. The van der Waals surface area contributed by atoms with Crippen molar-refractivity contribution in [3.05, 3.63) is 47.3 Å². The zero-order valence-electron chi connectivity index (χ0n) is 21.0. The number of carbonyl (C=O) groups is 2. The summed E-state index contributed by atoms with van der Waals surface area (Å²) in [6.07, 6.45) is 4.36. The van der Waals surface area contributed by atoms with E-state index in [0.29, 0.717) is 13.0 Å². The summed E-state index contributed by atoms with van der Waals surface area (Å²) in [6, 6.07) is 8.44. The fourth-order valence-corrected chi connectivity index (χ4v) is 6.68. The number of aryl methyl sites for hydroxylation is 1. The van der Waals surface area contributed by atoms with Gasteiger partial charge in [0.25, 0.3) is 5.91 Å². The first-order valence-corrected chi connectivity index (χ1v) is 12.3. The second kappa shape index (κ2) is 8.86. The predicted molar refractivity (Wildman–Crippen MR) is 133 cm³/mol. The molecule has 1 fully saturated rings. The van der Waals surface area contributed by atoms with Crippen LogP contribution >= 0.6 is 0 Å². The molecule has 0 N–H and O–H groups in total. The molecule has 182 valence electrons. The van der Waals surface area contributed by atoms with Gasteiger partial charge in [-0.1, -0.05) is 18.2 Å². The Kier molecular flexibility index (Phi) is 6.02. The summed E-state index contributed by atoms with van der Waals surface area (Å²) in [4.78, 5) is 34.1. The Morgan fingerprint density at radius 2 is 1.97 bits per heavy atom. The van der Waals surface area contributed by atoms with Crippen LogP contribution in [-0.4, -0.2) is 84.9 Å².